The quantitative estimate of drug-likeness (QED) is 0.522. The van der Waals surface area contributed by atoms with E-state index in [9.17, 15) is 0 Å². The number of ether oxygens (including phenoxy) is 1. The molecule has 0 amide bonds. The third-order valence-corrected chi connectivity index (χ3v) is 2.70. The van der Waals surface area contributed by atoms with Crippen LogP contribution in [0.3, 0.4) is 0 Å². The molecule has 0 aromatic heterocycles. The van der Waals surface area contributed by atoms with Gasteiger partial charge in [0.1, 0.15) is 0 Å². The number of nitrogens with one attached hydrogen (secondary N) is 1. The Kier molecular flexibility index (Phi) is 5.88. The second-order valence-corrected chi connectivity index (χ2v) is 4.15. The lowest BCUT2D eigenvalue weighted by Crippen LogP contribution is -2.31. The number of hydrogen-bond donors (Lipinski definition) is 1. The molecule has 0 saturated heterocycles. The van der Waals surface area contributed by atoms with Crippen LogP contribution in [0.4, 0.5) is 0 Å². The van der Waals surface area contributed by atoms with Crippen molar-refractivity contribution in [1.82, 2.24) is 5.32 Å². The van der Waals surface area contributed by atoms with Crippen molar-refractivity contribution in [3.05, 3.63) is 12.7 Å². The summed E-state index contributed by atoms with van der Waals surface area (Å²) in [7, 11) is 0. The van der Waals surface area contributed by atoms with E-state index in [0.29, 0.717) is 12.2 Å². The van der Waals surface area contributed by atoms with E-state index in [-0.39, 0.29) is 0 Å². The van der Waals surface area contributed by atoms with Crippen LogP contribution in [0, 0.1) is 0 Å². The lowest BCUT2D eigenvalue weighted by atomic mass is 9.98. The molecule has 1 N–H and O–H groups in total. The van der Waals surface area contributed by atoms with Crippen molar-refractivity contribution in [3.63, 3.8) is 0 Å². The molecule has 2 nitrogen and oxygen atoms in total. The largest absolute Gasteiger partial charge is 0.374 e. The first-order chi connectivity index (χ1) is 6.83. The number of rotatable bonds is 6. The van der Waals surface area contributed by atoms with Crippen molar-refractivity contribution in [2.75, 3.05) is 13.1 Å². The predicted octanol–water partition coefficient (Wildman–Crippen LogP) is 2.50. The van der Waals surface area contributed by atoms with Crippen molar-refractivity contribution < 1.29 is 4.74 Å². The molecule has 0 bridgehead atoms. The highest BCUT2D eigenvalue weighted by molar-refractivity contribution is 4.72. The Morgan fingerprint density at radius 1 is 1.43 bits per heavy atom. The van der Waals surface area contributed by atoms with E-state index in [1.54, 1.807) is 0 Å². The van der Waals surface area contributed by atoms with E-state index in [0.717, 1.165) is 13.1 Å². The molecular weight excluding hydrogens is 174 g/mol. The van der Waals surface area contributed by atoms with Gasteiger partial charge in [-0.15, -0.1) is 6.58 Å². The van der Waals surface area contributed by atoms with Gasteiger partial charge in [0, 0.05) is 13.1 Å². The van der Waals surface area contributed by atoms with Crippen molar-refractivity contribution in [2.45, 2.75) is 51.2 Å². The Labute approximate surface area is 87.7 Å². The van der Waals surface area contributed by atoms with Gasteiger partial charge in [-0.2, -0.15) is 0 Å². The average Bonchev–Trinajstić information content (AvgIpc) is 2.20. The summed E-state index contributed by atoms with van der Waals surface area (Å²) in [5.74, 6) is 0. The van der Waals surface area contributed by atoms with Crippen molar-refractivity contribution in [2.24, 2.45) is 0 Å². The standard InChI is InChI=1S/C12H23NO/c1-3-9-13-10-11(2)14-12-7-5-4-6-8-12/h3,11-13H,1,4-10H2,2H3. The average molecular weight is 197 g/mol. The van der Waals surface area contributed by atoms with Crippen LogP contribution < -0.4 is 5.32 Å². The minimum absolute atomic E-state index is 0.332. The summed E-state index contributed by atoms with van der Waals surface area (Å²) in [6, 6.07) is 0. The summed E-state index contributed by atoms with van der Waals surface area (Å²) >= 11 is 0. The first-order valence-corrected chi connectivity index (χ1v) is 5.80. The van der Waals surface area contributed by atoms with Gasteiger partial charge in [-0.3, -0.25) is 0 Å². The normalized spacial score (nSPS) is 20.6. The van der Waals surface area contributed by atoms with Crippen LogP contribution in [0.2, 0.25) is 0 Å². The minimum Gasteiger partial charge on any atom is -0.374 e. The van der Waals surface area contributed by atoms with Gasteiger partial charge in [-0.1, -0.05) is 25.3 Å². The summed E-state index contributed by atoms with van der Waals surface area (Å²) in [6.45, 7) is 7.62. The van der Waals surface area contributed by atoms with Gasteiger partial charge in [-0.05, 0) is 19.8 Å². The van der Waals surface area contributed by atoms with Gasteiger partial charge in [0.2, 0.25) is 0 Å². The SMILES string of the molecule is C=CCNCC(C)OC1CCCCC1. The van der Waals surface area contributed by atoms with Crippen LogP contribution in [0.1, 0.15) is 39.0 Å². The monoisotopic (exact) mass is 197 g/mol. The van der Waals surface area contributed by atoms with Crippen LogP contribution >= 0.6 is 0 Å². The number of hydrogen-bond acceptors (Lipinski definition) is 2. The van der Waals surface area contributed by atoms with Crippen LogP contribution in [-0.4, -0.2) is 25.3 Å². The van der Waals surface area contributed by atoms with Gasteiger partial charge in [0.05, 0.1) is 12.2 Å². The third kappa shape index (κ3) is 4.77. The third-order valence-electron chi connectivity index (χ3n) is 2.70. The molecule has 1 saturated carbocycles. The molecule has 0 heterocycles. The van der Waals surface area contributed by atoms with E-state index in [4.69, 9.17) is 4.74 Å². The van der Waals surface area contributed by atoms with Gasteiger partial charge in [0.25, 0.3) is 0 Å². The lowest BCUT2D eigenvalue weighted by molar-refractivity contribution is -0.0194. The zero-order valence-electron chi connectivity index (χ0n) is 9.30. The highest BCUT2D eigenvalue weighted by Gasteiger charge is 2.16. The highest BCUT2D eigenvalue weighted by Crippen LogP contribution is 2.21. The molecule has 1 aliphatic carbocycles. The molecule has 0 aromatic rings. The first-order valence-electron chi connectivity index (χ1n) is 5.80. The van der Waals surface area contributed by atoms with E-state index in [1.807, 2.05) is 6.08 Å². The molecule has 1 unspecified atom stereocenters. The maximum Gasteiger partial charge on any atom is 0.0675 e. The Hall–Kier alpha value is -0.340. The summed E-state index contributed by atoms with van der Waals surface area (Å²) in [6.07, 6.45) is 9.32. The smallest absolute Gasteiger partial charge is 0.0675 e. The summed E-state index contributed by atoms with van der Waals surface area (Å²) < 4.78 is 5.94. The molecule has 0 radical (unpaired) electrons. The highest BCUT2D eigenvalue weighted by atomic mass is 16.5. The fraction of sp³-hybridized carbons (Fsp3) is 0.833. The first kappa shape index (κ1) is 11.7. The molecule has 1 atom stereocenters. The lowest BCUT2D eigenvalue weighted by Gasteiger charge is -2.25. The van der Waals surface area contributed by atoms with Gasteiger partial charge in [-0.25, -0.2) is 0 Å². The predicted molar refractivity (Wildman–Crippen MR) is 60.5 cm³/mol. The Morgan fingerprint density at radius 2 is 2.14 bits per heavy atom. The molecule has 14 heavy (non-hydrogen) atoms. The summed E-state index contributed by atoms with van der Waals surface area (Å²) in [5.41, 5.74) is 0. The second kappa shape index (κ2) is 7.02. The minimum atomic E-state index is 0.332. The van der Waals surface area contributed by atoms with Crippen LogP contribution in [0.5, 0.6) is 0 Å². The molecule has 1 rings (SSSR count). The Bertz CT molecular complexity index is 152. The van der Waals surface area contributed by atoms with E-state index in [1.165, 1.54) is 32.1 Å². The van der Waals surface area contributed by atoms with Crippen molar-refractivity contribution in [3.8, 4) is 0 Å². The van der Waals surface area contributed by atoms with E-state index < -0.39 is 0 Å². The van der Waals surface area contributed by atoms with Crippen LogP contribution in [-0.2, 0) is 4.74 Å². The molecule has 0 aliphatic heterocycles. The second-order valence-electron chi connectivity index (χ2n) is 4.15. The Morgan fingerprint density at radius 3 is 2.79 bits per heavy atom. The topological polar surface area (TPSA) is 21.3 Å². The fourth-order valence-electron chi connectivity index (χ4n) is 1.97. The van der Waals surface area contributed by atoms with Gasteiger partial charge >= 0.3 is 0 Å². The van der Waals surface area contributed by atoms with Crippen molar-refractivity contribution >= 4 is 0 Å². The molecular formula is C12H23NO. The maximum atomic E-state index is 5.94. The molecule has 0 aromatic carbocycles. The van der Waals surface area contributed by atoms with Gasteiger partial charge < -0.3 is 10.1 Å². The molecule has 82 valence electrons. The van der Waals surface area contributed by atoms with E-state index >= 15 is 0 Å². The molecule has 1 aliphatic rings. The summed E-state index contributed by atoms with van der Waals surface area (Å²) in [5, 5.41) is 3.28. The van der Waals surface area contributed by atoms with E-state index in [2.05, 4.69) is 18.8 Å². The molecule has 1 fully saturated rings. The van der Waals surface area contributed by atoms with Crippen LogP contribution in [0.25, 0.3) is 0 Å². The Balaban J connectivity index is 2.05. The zero-order chi connectivity index (χ0) is 10.2. The van der Waals surface area contributed by atoms with Gasteiger partial charge in [0.15, 0.2) is 0 Å². The molecule has 0 spiro atoms. The summed E-state index contributed by atoms with van der Waals surface area (Å²) in [4.78, 5) is 0. The van der Waals surface area contributed by atoms with Crippen LogP contribution in [0.15, 0.2) is 12.7 Å². The maximum absolute atomic E-state index is 5.94. The molecule has 2 heteroatoms. The fourth-order valence-corrected chi connectivity index (χ4v) is 1.97. The van der Waals surface area contributed by atoms with Crippen molar-refractivity contribution in [1.29, 1.82) is 0 Å². The zero-order valence-corrected chi connectivity index (χ0v) is 9.30.